The molecule has 1 aliphatic carbocycles. The standard InChI is InChI=1S/C32H35ClN2O9S/c1-17(36)40-16-26-28(41-18(2)37)29(42-19(3)38)30(43-20(4)39)31(44-26)35-25-10-8-6-5-7-9-23(25)27(24(15-34)32(35)45)21-11-13-22(33)14-12-21/h11-14,26,28-31H,5-10,16H2,1-4H3/t26-,28-,29+,30-,31-/m1/s1. The number of hydrogen-bond acceptors (Lipinski definition) is 11. The number of aromatic nitrogens is 1. The van der Waals surface area contributed by atoms with Crippen molar-refractivity contribution in [2.75, 3.05) is 6.61 Å². The fourth-order valence-electron chi connectivity index (χ4n) is 6.00. The number of esters is 4. The normalized spacial score (nSPS) is 22.9. The van der Waals surface area contributed by atoms with Gasteiger partial charge in [-0.1, -0.05) is 48.8 Å². The second-order valence-electron chi connectivity index (χ2n) is 11.0. The molecule has 11 nitrogen and oxygen atoms in total. The summed E-state index contributed by atoms with van der Waals surface area (Å²) in [5, 5.41) is 11.1. The second-order valence-corrected chi connectivity index (χ2v) is 11.8. The van der Waals surface area contributed by atoms with Gasteiger partial charge in [0.25, 0.3) is 0 Å². The average molecular weight is 659 g/mol. The Morgan fingerprint density at radius 1 is 0.889 bits per heavy atom. The summed E-state index contributed by atoms with van der Waals surface area (Å²) in [4.78, 5) is 48.9. The number of nitriles is 1. The molecule has 1 aliphatic heterocycles. The number of carbonyl (C=O) groups excluding carboxylic acids is 4. The molecule has 1 aromatic carbocycles. The molecular weight excluding hydrogens is 624 g/mol. The van der Waals surface area contributed by atoms with Gasteiger partial charge in [0, 0.05) is 44.0 Å². The van der Waals surface area contributed by atoms with E-state index in [-0.39, 0.29) is 16.8 Å². The van der Waals surface area contributed by atoms with Gasteiger partial charge in [0.1, 0.15) is 23.4 Å². The maximum absolute atomic E-state index is 12.5. The highest BCUT2D eigenvalue weighted by molar-refractivity contribution is 7.71. The maximum atomic E-state index is 12.5. The minimum Gasteiger partial charge on any atom is -0.463 e. The van der Waals surface area contributed by atoms with Gasteiger partial charge in [0.15, 0.2) is 24.5 Å². The Labute approximate surface area is 271 Å². The first kappa shape index (κ1) is 34.1. The third kappa shape index (κ3) is 7.90. The van der Waals surface area contributed by atoms with Crippen molar-refractivity contribution >= 4 is 47.7 Å². The predicted octanol–water partition coefficient (Wildman–Crippen LogP) is 5.32. The Morgan fingerprint density at radius 2 is 1.47 bits per heavy atom. The number of hydrogen-bond donors (Lipinski definition) is 0. The van der Waals surface area contributed by atoms with E-state index >= 15 is 0 Å². The smallest absolute Gasteiger partial charge is 0.303 e. The van der Waals surface area contributed by atoms with Gasteiger partial charge in [0.05, 0.1) is 5.56 Å². The molecule has 0 unspecified atom stereocenters. The summed E-state index contributed by atoms with van der Waals surface area (Å²) >= 11 is 12.2. The summed E-state index contributed by atoms with van der Waals surface area (Å²) in [7, 11) is 0. The van der Waals surface area contributed by atoms with Crippen LogP contribution in [0, 0.1) is 16.0 Å². The summed E-state index contributed by atoms with van der Waals surface area (Å²) in [6, 6.07) is 9.45. The molecule has 45 heavy (non-hydrogen) atoms. The Hall–Kier alpha value is -3.79. The highest BCUT2D eigenvalue weighted by Gasteiger charge is 2.53. The summed E-state index contributed by atoms with van der Waals surface area (Å²) in [5.74, 6) is -2.81. The van der Waals surface area contributed by atoms with Crippen LogP contribution in [0.4, 0.5) is 0 Å². The molecule has 4 rings (SSSR count). The van der Waals surface area contributed by atoms with E-state index < -0.39 is 54.5 Å². The number of nitrogens with zero attached hydrogens (tertiary/aromatic N) is 2. The summed E-state index contributed by atoms with van der Waals surface area (Å²) in [5.41, 5.74) is 3.32. The number of halogens is 1. The van der Waals surface area contributed by atoms with E-state index in [9.17, 15) is 24.4 Å². The van der Waals surface area contributed by atoms with Gasteiger partial charge in [-0.15, -0.1) is 0 Å². The summed E-state index contributed by atoms with van der Waals surface area (Å²) in [6.45, 7) is 4.34. The van der Waals surface area contributed by atoms with Gasteiger partial charge in [0.2, 0.25) is 0 Å². The topological polar surface area (TPSA) is 143 Å². The third-order valence-electron chi connectivity index (χ3n) is 7.68. The van der Waals surface area contributed by atoms with Crippen LogP contribution in [0.3, 0.4) is 0 Å². The molecule has 2 aromatic rings. The fourth-order valence-corrected chi connectivity index (χ4v) is 6.49. The average Bonchev–Trinajstić information content (AvgIpc) is 2.94. The largest absolute Gasteiger partial charge is 0.463 e. The van der Waals surface area contributed by atoms with Crippen LogP contribution in [-0.4, -0.2) is 59.5 Å². The zero-order valence-corrected chi connectivity index (χ0v) is 27.1. The van der Waals surface area contributed by atoms with E-state index in [1.165, 1.54) is 13.8 Å². The van der Waals surface area contributed by atoms with Crippen molar-refractivity contribution in [1.82, 2.24) is 4.57 Å². The van der Waals surface area contributed by atoms with Crippen molar-refractivity contribution in [2.45, 2.75) is 96.9 Å². The molecule has 1 fully saturated rings. The van der Waals surface area contributed by atoms with Crippen molar-refractivity contribution in [1.29, 1.82) is 5.26 Å². The summed E-state index contributed by atoms with van der Waals surface area (Å²) < 4.78 is 30.5. The molecule has 13 heteroatoms. The lowest BCUT2D eigenvalue weighted by Crippen LogP contribution is -2.60. The third-order valence-corrected chi connectivity index (χ3v) is 8.33. The van der Waals surface area contributed by atoms with E-state index in [4.69, 9.17) is 47.5 Å². The van der Waals surface area contributed by atoms with Crippen molar-refractivity contribution in [3.63, 3.8) is 0 Å². The minimum atomic E-state index is -1.37. The highest BCUT2D eigenvalue weighted by Crippen LogP contribution is 2.41. The number of benzene rings is 1. The zero-order chi connectivity index (χ0) is 32.8. The van der Waals surface area contributed by atoms with E-state index in [1.54, 1.807) is 16.7 Å². The molecule has 0 N–H and O–H groups in total. The lowest BCUT2D eigenvalue weighted by Gasteiger charge is -2.46. The van der Waals surface area contributed by atoms with Gasteiger partial charge >= 0.3 is 23.9 Å². The second kappa shape index (κ2) is 15.0. The SMILES string of the molecule is CC(=O)OC[C@H]1O[C@@H](n2c3c(c(-c4ccc(Cl)cc4)c(C#N)c2=S)CCCCCC3)[C@H](OC(C)=O)[C@@H](OC(C)=O)[C@@H]1OC(C)=O. The Bertz CT molecular complexity index is 1570. The van der Waals surface area contributed by atoms with Gasteiger partial charge in [-0.05, 0) is 48.9 Å². The van der Waals surface area contributed by atoms with E-state index in [0.29, 0.717) is 23.4 Å². The Balaban J connectivity index is 2.03. The molecule has 1 saturated heterocycles. The van der Waals surface area contributed by atoms with Crippen LogP contribution < -0.4 is 0 Å². The van der Waals surface area contributed by atoms with Crippen LogP contribution >= 0.6 is 23.8 Å². The molecular formula is C32H35ClN2O9S. The zero-order valence-electron chi connectivity index (χ0n) is 25.5. The monoisotopic (exact) mass is 658 g/mol. The van der Waals surface area contributed by atoms with Gasteiger partial charge in [-0.3, -0.25) is 19.2 Å². The Morgan fingerprint density at radius 3 is 2.04 bits per heavy atom. The van der Waals surface area contributed by atoms with Crippen LogP contribution in [0.1, 0.15) is 76.4 Å². The molecule has 0 spiro atoms. The number of ether oxygens (including phenoxy) is 5. The van der Waals surface area contributed by atoms with Crippen molar-refractivity contribution < 1.29 is 42.9 Å². The van der Waals surface area contributed by atoms with E-state index in [0.717, 1.165) is 56.4 Å². The predicted molar refractivity (Wildman–Crippen MR) is 164 cm³/mol. The van der Waals surface area contributed by atoms with Crippen LogP contribution in [0.25, 0.3) is 11.1 Å². The lowest BCUT2D eigenvalue weighted by molar-refractivity contribution is -0.269. The van der Waals surface area contributed by atoms with Crippen LogP contribution in [0.2, 0.25) is 5.02 Å². The van der Waals surface area contributed by atoms with Crippen LogP contribution in [0.15, 0.2) is 24.3 Å². The molecule has 2 aliphatic rings. The number of pyridine rings is 1. The van der Waals surface area contributed by atoms with Crippen LogP contribution in [0.5, 0.6) is 0 Å². The quantitative estimate of drug-likeness (QED) is 0.216. The molecule has 240 valence electrons. The van der Waals surface area contributed by atoms with Gasteiger partial charge in [-0.2, -0.15) is 5.26 Å². The molecule has 2 heterocycles. The lowest BCUT2D eigenvalue weighted by atomic mass is 9.87. The van der Waals surface area contributed by atoms with E-state index in [1.807, 2.05) is 12.1 Å². The Kier molecular flexibility index (Phi) is 11.4. The number of fused-ring (bicyclic) bond motifs is 1. The molecule has 0 bridgehead atoms. The molecule has 1 aromatic heterocycles. The van der Waals surface area contributed by atoms with Gasteiger partial charge < -0.3 is 28.3 Å². The van der Waals surface area contributed by atoms with Crippen molar-refractivity contribution in [3.8, 4) is 17.2 Å². The summed E-state index contributed by atoms with van der Waals surface area (Å²) in [6.07, 6.45) is -1.67. The van der Waals surface area contributed by atoms with Gasteiger partial charge in [-0.25, -0.2) is 0 Å². The number of carbonyl (C=O) groups is 4. The molecule has 0 amide bonds. The maximum Gasteiger partial charge on any atom is 0.303 e. The highest BCUT2D eigenvalue weighted by atomic mass is 35.5. The molecule has 5 atom stereocenters. The minimum absolute atomic E-state index is 0.114. The first-order chi connectivity index (χ1) is 21.4. The molecule has 0 radical (unpaired) electrons. The molecule has 0 saturated carbocycles. The van der Waals surface area contributed by atoms with Crippen molar-refractivity contribution in [3.05, 3.63) is 50.7 Å². The number of rotatable bonds is 7. The van der Waals surface area contributed by atoms with E-state index in [2.05, 4.69) is 6.07 Å². The first-order valence-corrected chi connectivity index (χ1v) is 15.5. The van der Waals surface area contributed by atoms with Crippen molar-refractivity contribution in [2.24, 2.45) is 0 Å². The fraction of sp³-hybridized carbons (Fsp3) is 0.500. The van der Waals surface area contributed by atoms with Crippen LogP contribution in [-0.2, 0) is 55.7 Å². The first-order valence-electron chi connectivity index (χ1n) is 14.7.